The maximum atomic E-state index is 11.3. The van der Waals surface area contributed by atoms with Gasteiger partial charge in [-0.1, -0.05) is 6.07 Å². The smallest absolute Gasteiger partial charge is 0.312 e. The molecular weight excluding hydrogens is 210 g/mol. The lowest BCUT2D eigenvalue weighted by molar-refractivity contribution is -0.136. The molecule has 0 saturated carbocycles. The fourth-order valence-electron chi connectivity index (χ4n) is 1.48. The average Bonchev–Trinajstić information content (AvgIpc) is 2.57. The molecule has 1 heterocycles. The van der Waals surface area contributed by atoms with Gasteiger partial charge in [0.2, 0.25) is 5.89 Å². The van der Waals surface area contributed by atoms with Gasteiger partial charge >= 0.3 is 5.97 Å². The number of rotatable bonds is 3. The maximum absolute atomic E-state index is 11.3. The zero-order valence-electron chi connectivity index (χ0n) is 8.56. The first-order chi connectivity index (χ1) is 7.58. The molecule has 16 heavy (non-hydrogen) atoms. The van der Waals surface area contributed by atoms with Gasteiger partial charge in [0.05, 0.1) is 0 Å². The molecule has 1 N–H and O–H groups in total. The van der Waals surface area contributed by atoms with Crippen molar-refractivity contribution < 1.29 is 19.1 Å². The van der Waals surface area contributed by atoms with Crippen molar-refractivity contribution in [1.82, 2.24) is 4.98 Å². The monoisotopic (exact) mass is 219 g/mol. The van der Waals surface area contributed by atoms with E-state index in [0.29, 0.717) is 16.7 Å². The molecule has 5 nitrogen and oxygen atoms in total. The quantitative estimate of drug-likeness (QED) is 0.794. The van der Waals surface area contributed by atoms with Gasteiger partial charge < -0.3 is 9.52 Å². The second-order valence-corrected chi connectivity index (χ2v) is 3.39. The summed E-state index contributed by atoms with van der Waals surface area (Å²) < 4.78 is 5.23. The van der Waals surface area contributed by atoms with E-state index in [1.54, 1.807) is 18.2 Å². The number of benzene rings is 1. The van der Waals surface area contributed by atoms with Crippen LogP contribution in [0.5, 0.6) is 0 Å². The third-order valence-electron chi connectivity index (χ3n) is 2.15. The molecule has 82 valence electrons. The zero-order chi connectivity index (χ0) is 11.7. The number of aromatic nitrogens is 1. The molecule has 2 aromatic rings. The molecule has 0 aliphatic carbocycles. The van der Waals surface area contributed by atoms with Gasteiger partial charge in [-0.2, -0.15) is 0 Å². The summed E-state index contributed by atoms with van der Waals surface area (Å²) in [4.78, 5) is 25.8. The van der Waals surface area contributed by atoms with Gasteiger partial charge in [-0.25, -0.2) is 4.98 Å². The molecule has 0 spiro atoms. The Morgan fingerprint density at radius 1 is 1.44 bits per heavy atom. The highest BCUT2D eigenvalue weighted by atomic mass is 16.4. The van der Waals surface area contributed by atoms with Gasteiger partial charge in [0, 0.05) is 5.56 Å². The fraction of sp³-hybridized carbons (Fsp3) is 0.182. The lowest BCUT2D eigenvalue weighted by Crippen LogP contribution is -2.00. The van der Waals surface area contributed by atoms with E-state index in [1.165, 1.54) is 6.92 Å². The number of aliphatic carboxylic acids is 1. The Morgan fingerprint density at radius 3 is 2.81 bits per heavy atom. The van der Waals surface area contributed by atoms with E-state index >= 15 is 0 Å². The number of para-hydroxylation sites is 1. The Morgan fingerprint density at radius 2 is 2.19 bits per heavy atom. The van der Waals surface area contributed by atoms with Gasteiger partial charge in [0.1, 0.15) is 11.9 Å². The number of hydrogen-bond donors (Lipinski definition) is 1. The van der Waals surface area contributed by atoms with Crippen molar-refractivity contribution in [2.24, 2.45) is 0 Å². The topological polar surface area (TPSA) is 80.4 Å². The van der Waals surface area contributed by atoms with Crippen molar-refractivity contribution in [2.75, 3.05) is 0 Å². The van der Waals surface area contributed by atoms with Gasteiger partial charge in [0.25, 0.3) is 0 Å². The summed E-state index contributed by atoms with van der Waals surface area (Å²) in [7, 11) is 0. The number of carbonyl (C=O) groups excluding carboxylic acids is 1. The lowest BCUT2D eigenvalue weighted by atomic mass is 10.1. The summed E-state index contributed by atoms with van der Waals surface area (Å²) in [5.41, 5.74) is 1.30. The number of ketones is 1. The molecule has 0 saturated heterocycles. The molecular formula is C11H9NO4. The highest BCUT2D eigenvalue weighted by Gasteiger charge is 2.13. The number of fused-ring (bicyclic) bond motifs is 1. The van der Waals surface area contributed by atoms with E-state index in [-0.39, 0.29) is 18.1 Å². The Kier molecular flexibility index (Phi) is 2.44. The van der Waals surface area contributed by atoms with Crippen LogP contribution in [-0.4, -0.2) is 21.8 Å². The van der Waals surface area contributed by atoms with Crippen molar-refractivity contribution in [3.63, 3.8) is 0 Å². The minimum Gasteiger partial charge on any atom is -0.481 e. The molecule has 1 aromatic heterocycles. The van der Waals surface area contributed by atoms with E-state index in [4.69, 9.17) is 9.52 Å². The van der Waals surface area contributed by atoms with Gasteiger partial charge in [-0.05, 0) is 19.1 Å². The molecule has 0 radical (unpaired) electrons. The van der Waals surface area contributed by atoms with Crippen LogP contribution in [-0.2, 0) is 11.2 Å². The first-order valence-corrected chi connectivity index (χ1v) is 4.69. The summed E-state index contributed by atoms with van der Waals surface area (Å²) >= 11 is 0. The lowest BCUT2D eigenvalue weighted by Gasteiger charge is -1.93. The molecule has 0 aliphatic heterocycles. The van der Waals surface area contributed by atoms with Crippen LogP contribution in [0.25, 0.3) is 11.1 Å². The van der Waals surface area contributed by atoms with Crippen LogP contribution in [0.15, 0.2) is 22.6 Å². The number of carboxylic acid groups (broad SMARTS) is 1. The van der Waals surface area contributed by atoms with Crippen LogP contribution < -0.4 is 0 Å². The number of hydrogen-bond acceptors (Lipinski definition) is 4. The summed E-state index contributed by atoms with van der Waals surface area (Å²) in [5, 5.41) is 8.60. The van der Waals surface area contributed by atoms with Gasteiger partial charge in [-0.15, -0.1) is 0 Å². The van der Waals surface area contributed by atoms with E-state index in [0.717, 1.165) is 0 Å². The van der Waals surface area contributed by atoms with Gasteiger partial charge in [-0.3, -0.25) is 9.59 Å². The molecule has 0 amide bonds. The summed E-state index contributed by atoms with van der Waals surface area (Å²) in [6.07, 6.45) is -0.286. The Bertz CT molecular complexity index is 570. The summed E-state index contributed by atoms with van der Waals surface area (Å²) in [5.74, 6) is -1.03. The SMILES string of the molecule is CC(=O)c1cccc2oc(CC(=O)O)nc12. The minimum absolute atomic E-state index is 0.108. The average molecular weight is 219 g/mol. The van der Waals surface area contributed by atoms with Crippen LogP contribution in [0.3, 0.4) is 0 Å². The van der Waals surface area contributed by atoms with Gasteiger partial charge in [0.15, 0.2) is 11.4 Å². The molecule has 0 bridgehead atoms. The molecule has 2 rings (SSSR count). The highest BCUT2D eigenvalue weighted by molar-refractivity contribution is 6.04. The normalized spacial score (nSPS) is 10.6. The van der Waals surface area contributed by atoms with E-state index in [2.05, 4.69) is 4.98 Å². The van der Waals surface area contributed by atoms with Crippen molar-refractivity contribution in [1.29, 1.82) is 0 Å². The third-order valence-corrected chi connectivity index (χ3v) is 2.15. The molecule has 0 unspecified atom stereocenters. The minimum atomic E-state index is -1.02. The van der Waals surface area contributed by atoms with E-state index < -0.39 is 5.97 Å². The van der Waals surface area contributed by atoms with Crippen molar-refractivity contribution >= 4 is 22.9 Å². The van der Waals surface area contributed by atoms with Crippen LogP contribution in [0.4, 0.5) is 0 Å². The van der Waals surface area contributed by atoms with Crippen LogP contribution >= 0.6 is 0 Å². The number of oxazole rings is 1. The fourth-order valence-corrected chi connectivity index (χ4v) is 1.48. The number of carboxylic acids is 1. The molecule has 1 aromatic carbocycles. The number of carbonyl (C=O) groups is 2. The standard InChI is InChI=1S/C11H9NO4/c1-6(13)7-3-2-4-8-11(7)12-9(16-8)5-10(14)15/h2-4H,5H2,1H3,(H,14,15). The van der Waals surface area contributed by atoms with Crippen molar-refractivity contribution in [2.45, 2.75) is 13.3 Å². The van der Waals surface area contributed by atoms with E-state index in [9.17, 15) is 9.59 Å². The second-order valence-electron chi connectivity index (χ2n) is 3.39. The van der Waals surface area contributed by atoms with Crippen LogP contribution in [0.2, 0.25) is 0 Å². The van der Waals surface area contributed by atoms with E-state index in [1.807, 2.05) is 0 Å². The Labute approximate surface area is 90.7 Å². The van der Waals surface area contributed by atoms with Crippen molar-refractivity contribution in [3.05, 3.63) is 29.7 Å². The zero-order valence-corrected chi connectivity index (χ0v) is 8.56. The highest BCUT2D eigenvalue weighted by Crippen LogP contribution is 2.20. The second kappa shape index (κ2) is 3.77. The predicted molar refractivity (Wildman–Crippen MR) is 55.4 cm³/mol. The summed E-state index contributed by atoms with van der Waals surface area (Å²) in [6.45, 7) is 1.43. The molecule has 0 fully saturated rings. The molecule has 0 aliphatic rings. The Balaban J connectivity index is 2.56. The molecule has 5 heteroatoms. The number of Topliss-reactive ketones (excluding diaryl/α,β-unsaturated/α-hetero) is 1. The first-order valence-electron chi connectivity index (χ1n) is 4.69. The van der Waals surface area contributed by atoms with Crippen LogP contribution in [0, 0.1) is 0 Å². The predicted octanol–water partition coefficient (Wildman–Crippen LogP) is 1.66. The van der Waals surface area contributed by atoms with Crippen LogP contribution in [0.1, 0.15) is 23.2 Å². The number of nitrogens with zero attached hydrogens (tertiary/aromatic N) is 1. The Hall–Kier alpha value is -2.17. The molecule has 0 atom stereocenters. The first kappa shape index (κ1) is 10.4. The largest absolute Gasteiger partial charge is 0.481 e. The maximum Gasteiger partial charge on any atom is 0.312 e. The van der Waals surface area contributed by atoms with Crippen molar-refractivity contribution in [3.8, 4) is 0 Å². The summed E-state index contributed by atoms with van der Waals surface area (Å²) in [6, 6.07) is 4.96. The third kappa shape index (κ3) is 1.79.